The van der Waals surface area contributed by atoms with Gasteiger partial charge in [0.2, 0.25) is 0 Å². The van der Waals surface area contributed by atoms with Gasteiger partial charge in [0.05, 0.1) is 28.6 Å². The summed E-state index contributed by atoms with van der Waals surface area (Å²) >= 11 is 6.30. The van der Waals surface area contributed by atoms with E-state index in [1.165, 1.54) is 0 Å². The van der Waals surface area contributed by atoms with Crippen LogP contribution in [0.2, 0.25) is 5.02 Å². The van der Waals surface area contributed by atoms with Crippen LogP contribution in [0.4, 0.5) is 4.79 Å². The second kappa shape index (κ2) is 8.31. The molecule has 0 aliphatic carbocycles. The van der Waals surface area contributed by atoms with Crippen molar-refractivity contribution < 1.29 is 14.3 Å². The van der Waals surface area contributed by atoms with Gasteiger partial charge in [0.15, 0.2) is 5.65 Å². The fourth-order valence-electron chi connectivity index (χ4n) is 3.54. The molecule has 1 aliphatic heterocycles. The Morgan fingerprint density at radius 1 is 1.13 bits per heavy atom. The van der Waals surface area contributed by atoms with Gasteiger partial charge in [0.25, 0.3) is 5.91 Å². The number of rotatable bonds is 3. The maximum Gasteiger partial charge on any atom is 0.409 e. The molecule has 1 aromatic carbocycles. The SMILES string of the molecule is CCOC(=O)N1CCN(C(=O)c2cnc3cc(-c4ccccc4Cl)nn3c2C)CC1. The smallest absolute Gasteiger partial charge is 0.409 e. The summed E-state index contributed by atoms with van der Waals surface area (Å²) in [6.45, 7) is 5.73. The molecule has 0 spiro atoms. The lowest BCUT2D eigenvalue weighted by Gasteiger charge is -2.34. The van der Waals surface area contributed by atoms with Crippen molar-refractivity contribution in [3.8, 4) is 11.3 Å². The molecule has 1 fully saturated rings. The van der Waals surface area contributed by atoms with Crippen LogP contribution in [0.3, 0.4) is 0 Å². The van der Waals surface area contributed by atoms with Crippen molar-refractivity contribution in [3.63, 3.8) is 0 Å². The Kier molecular flexibility index (Phi) is 5.59. The number of aryl methyl sites for hydroxylation is 1. The molecule has 0 bridgehead atoms. The van der Waals surface area contributed by atoms with Crippen molar-refractivity contribution in [1.82, 2.24) is 24.4 Å². The van der Waals surface area contributed by atoms with Crippen molar-refractivity contribution in [1.29, 1.82) is 0 Å². The molecule has 1 aliphatic rings. The molecule has 0 N–H and O–H groups in total. The minimum Gasteiger partial charge on any atom is -0.450 e. The Morgan fingerprint density at radius 2 is 1.83 bits per heavy atom. The number of aromatic nitrogens is 3. The van der Waals surface area contributed by atoms with E-state index in [0.29, 0.717) is 60.4 Å². The van der Waals surface area contributed by atoms with Crippen LogP contribution in [-0.2, 0) is 4.74 Å². The molecule has 0 atom stereocenters. The largest absolute Gasteiger partial charge is 0.450 e. The molecule has 0 saturated carbocycles. The number of amides is 2. The van der Waals surface area contributed by atoms with Crippen LogP contribution in [0.25, 0.3) is 16.9 Å². The summed E-state index contributed by atoms with van der Waals surface area (Å²) in [6.07, 6.45) is 1.25. The Morgan fingerprint density at radius 3 is 2.53 bits per heavy atom. The molecular formula is C21H22ClN5O3. The summed E-state index contributed by atoms with van der Waals surface area (Å²) in [5.41, 5.74) is 3.35. The Bertz CT molecular complexity index is 1110. The van der Waals surface area contributed by atoms with E-state index < -0.39 is 0 Å². The van der Waals surface area contributed by atoms with E-state index in [9.17, 15) is 9.59 Å². The van der Waals surface area contributed by atoms with E-state index in [-0.39, 0.29) is 12.0 Å². The maximum atomic E-state index is 13.1. The summed E-state index contributed by atoms with van der Waals surface area (Å²) in [4.78, 5) is 32.7. The maximum absolute atomic E-state index is 13.1. The second-order valence-electron chi connectivity index (χ2n) is 7.01. The Labute approximate surface area is 179 Å². The van der Waals surface area contributed by atoms with E-state index in [1.807, 2.05) is 37.3 Å². The van der Waals surface area contributed by atoms with E-state index in [1.54, 1.807) is 27.4 Å². The fourth-order valence-corrected chi connectivity index (χ4v) is 3.77. The van der Waals surface area contributed by atoms with Gasteiger partial charge in [-0.3, -0.25) is 4.79 Å². The standard InChI is InChI=1S/C21H22ClN5O3/c1-3-30-21(29)26-10-8-25(9-11-26)20(28)16-13-23-19-12-18(24-27(19)14(16)2)15-6-4-5-7-17(15)22/h4-7,12-13H,3,8-11H2,1-2H3. The van der Waals surface area contributed by atoms with Gasteiger partial charge in [0.1, 0.15) is 0 Å². The van der Waals surface area contributed by atoms with Crippen LogP contribution < -0.4 is 0 Å². The number of carbonyl (C=O) groups excluding carboxylic acids is 2. The minimum atomic E-state index is -0.340. The first-order chi connectivity index (χ1) is 14.5. The van der Waals surface area contributed by atoms with Gasteiger partial charge in [-0.05, 0) is 19.9 Å². The molecule has 2 amide bonds. The monoisotopic (exact) mass is 427 g/mol. The number of ether oxygens (including phenoxy) is 1. The van der Waals surface area contributed by atoms with Crippen LogP contribution in [-0.4, -0.2) is 69.2 Å². The third-order valence-corrected chi connectivity index (χ3v) is 5.53. The first-order valence-corrected chi connectivity index (χ1v) is 10.2. The highest BCUT2D eigenvalue weighted by molar-refractivity contribution is 6.33. The van der Waals surface area contributed by atoms with Crippen LogP contribution in [0.15, 0.2) is 36.5 Å². The zero-order valence-electron chi connectivity index (χ0n) is 16.8. The number of nitrogens with zero attached hydrogens (tertiary/aromatic N) is 5. The third-order valence-electron chi connectivity index (χ3n) is 5.20. The van der Waals surface area contributed by atoms with Crippen molar-refractivity contribution in [2.24, 2.45) is 0 Å². The lowest BCUT2D eigenvalue weighted by molar-refractivity contribution is 0.0569. The number of benzene rings is 1. The molecule has 8 nitrogen and oxygen atoms in total. The van der Waals surface area contributed by atoms with Crippen LogP contribution in [0, 0.1) is 6.92 Å². The van der Waals surface area contributed by atoms with Crippen molar-refractivity contribution in [2.45, 2.75) is 13.8 Å². The zero-order chi connectivity index (χ0) is 21.3. The first-order valence-electron chi connectivity index (χ1n) is 9.81. The zero-order valence-corrected chi connectivity index (χ0v) is 17.6. The van der Waals surface area contributed by atoms with Gasteiger partial charge in [-0.15, -0.1) is 0 Å². The molecule has 4 rings (SSSR count). The fraction of sp³-hybridized carbons (Fsp3) is 0.333. The van der Waals surface area contributed by atoms with Gasteiger partial charge in [0, 0.05) is 44.0 Å². The number of hydrogen-bond acceptors (Lipinski definition) is 5. The topological polar surface area (TPSA) is 80.0 Å². The van der Waals surface area contributed by atoms with E-state index in [4.69, 9.17) is 16.3 Å². The molecule has 30 heavy (non-hydrogen) atoms. The van der Waals surface area contributed by atoms with E-state index in [0.717, 1.165) is 5.56 Å². The predicted octanol–water partition coefficient (Wildman–Crippen LogP) is 3.27. The van der Waals surface area contributed by atoms with Gasteiger partial charge in [-0.1, -0.05) is 29.8 Å². The second-order valence-corrected chi connectivity index (χ2v) is 7.42. The van der Waals surface area contributed by atoms with Crippen LogP contribution in [0.1, 0.15) is 23.0 Å². The molecule has 0 unspecified atom stereocenters. The van der Waals surface area contributed by atoms with Gasteiger partial charge in [-0.2, -0.15) is 5.10 Å². The van der Waals surface area contributed by atoms with E-state index >= 15 is 0 Å². The lowest BCUT2D eigenvalue weighted by Crippen LogP contribution is -2.50. The van der Waals surface area contributed by atoms with Crippen molar-refractivity contribution in [2.75, 3.05) is 32.8 Å². The molecule has 3 aromatic rings. The quantitative estimate of drug-likeness (QED) is 0.640. The molecule has 0 radical (unpaired) electrons. The highest BCUT2D eigenvalue weighted by atomic mass is 35.5. The minimum absolute atomic E-state index is 0.125. The third kappa shape index (κ3) is 3.70. The summed E-state index contributed by atoms with van der Waals surface area (Å²) in [5, 5.41) is 5.22. The molecular weight excluding hydrogens is 406 g/mol. The van der Waals surface area contributed by atoms with Gasteiger partial charge in [-0.25, -0.2) is 14.3 Å². The number of halogens is 1. The summed E-state index contributed by atoms with van der Waals surface area (Å²) < 4.78 is 6.70. The van der Waals surface area contributed by atoms with Crippen LogP contribution >= 0.6 is 11.6 Å². The summed E-state index contributed by atoms with van der Waals surface area (Å²) in [6, 6.07) is 9.32. The normalized spacial score (nSPS) is 14.2. The number of carbonyl (C=O) groups is 2. The molecule has 1 saturated heterocycles. The predicted molar refractivity (Wildman–Crippen MR) is 113 cm³/mol. The average Bonchev–Trinajstić information content (AvgIpc) is 3.19. The Hall–Kier alpha value is -3.13. The average molecular weight is 428 g/mol. The van der Waals surface area contributed by atoms with E-state index in [2.05, 4.69) is 10.1 Å². The molecule has 2 aromatic heterocycles. The highest BCUT2D eigenvalue weighted by Crippen LogP contribution is 2.27. The molecule has 156 valence electrons. The summed E-state index contributed by atoms with van der Waals surface area (Å²) in [5.74, 6) is -0.125. The highest BCUT2D eigenvalue weighted by Gasteiger charge is 2.27. The number of fused-ring (bicyclic) bond motifs is 1. The van der Waals surface area contributed by atoms with Gasteiger partial charge < -0.3 is 14.5 Å². The van der Waals surface area contributed by atoms with Crippen molar-refractivity contribution in [3.05, 3.63) is 52.8 Å². The number of piperazine rings is 1. The van der Waals surface area contributed by atoms with Crippen molar-refractivity contribution >= 4 is 29.2 Å². The molecule has 9 heteroatoms. The van der Waals surface area contributed by atoms with Crippen LogP contribution in [0.5, 0.6) is 0 Å². The Balaban J connectivity index is 1.56. The molecule has 3 heterocycles. The van der Waals surface area contributed by atoms with Gasteiger partial charge >= 0.3 is 6.09 Å². The first kappa shape index (κ1) is 20.2. The number of hydrogen-bond donors (Lipinski definition) is 0. The lowest BCUT2D eigenvalue weighted by atomic mass is 10.1. The summed E-state index contributed by atoms with van der Waals surface area (Å²) in [7, 11) is 0.